The lowest BCUT2D eigenvalue weighted by molar-refractivity contribution is 0.826. The minimum Gasteiger partial charge on any atom is -0.259 e. The summed E-state index contributed by atoms with van der Waals surface area (Å²) in [4.78, 5) is 8.73. The van der Waals surface area contributed by atoms with Crippen LogP contribution in [0.15, 0.2) is 12.3 Å². The van der Waals surface area contributed by atoms with Crippen LogP contribution in [0.2, 0.25) is 0 Å². The minimum absolute atomic E-state index is 0.492. The molecule has 68 valence electrons. The van der Waals surface area contributed by atoms with Gasteiger partial charge in [-0.05, 0) is 18.9 Å². The molecule has 0 radical (unpaired) electrons. The SMILES string of the molecule is Cc1nc2cnc(C(C)C)cc2s1. The van der Waals surface area contributed by atoms with Crippen LogP contribution in [-0.4, -0.2) is 9.97 Å². The molecular formula is C10H12N2S. The van der Waals surface area contributed by atoms with E-state index in [1.54, 1.807) is 11.3 Å². The van der Waals surface area contributed by atoms with Crippen molar-refractivity contribution < 1.29 is 0 Å². The average molecular weight is 192 g/mol. The van der Waals surface area contributed by atoms with Crippen molar-refractivity contribution in [2.45, 2.75) is 26.7 Å². The zero-order chi connectivity index (χ0) is 9.42. The average Bonchev–Trinajstić information content (AvgIpc) is 2.42. The van der Waals surface area contributed by atoms with E-state index in [4.69, 9.17) is 0 Å². The molecule has 0 saturated carbocycles. The summed E-state index contributed by atoms with van der Waals surface area (Å²) in [6.45, 7) is 6.34. The molecule has 0 atom stereocenters. The number of thiazole rings is 1. The van der Waals surface area contributed by atoms with Crippen LogP contribution in [0.1, 0.15) is 30.5 Å². The van der Waals surface area contributed by atoms with Gasteiger partial charge in [0.25, 0.3) is 0 Å². The van der Waals surface area contributed by atoms with Gasteiger partial charge in [-0.25, -0.2) is 4.98 Å². The molecule has 0 N–H and O–H groups in total. The van der Waals surface area contributed by atoms with E-state index in [9.17, 15) is 0 Å². The molecule has 0 spiro atoms. The Balaban J connectivity index is 2.61. The molecule has 0 aliphatic carbocycles. The van der Waals surface area contributed by atoms with E-state index in [1.807, 2.05) is 13.1 Å². The van der Waals surface area contributed by atoms with Gasteiger partial charge in [-0.1, -0.05) is 13.8 Å². The van der Waals surface area contributed by atoms with Crippen molar-refractivity contribution in [2.24, 2.45) is 0 Å². The summed E-state index contributed by atoms with van der Waals surface area (Å²) >= 11 is 1.73. The molecule has 3 heteroatoms. The molecule has 0 fully saturated rings. The molecule has 13 heavy (non-hydrogen) atoms. The molecular weight excluding hydrogens is 180 g/mol. The summed E-state index contributed by atoms with van der Waals surface area (Å²) in [7, 11) is 0. The summed E-state index contributed by atoms with van der Waals surface area (Å²) in [6.07, 6.45) is 1.87. The van der Waals surface area contributed by atoms with Gasteiger partial charge in [0, 0.05) is 5.69 Å². The van der Waals surface area contributed by atoms with Crippen molar-refractivity contribution >= 4 is 21.6 Å². The Bertz CT molecular complexity index is 431. The maximum atomic E-state index is 4.37. The summed E-state index contributed by atoms with van der Waals surface area (Å²) in [5.74, 6) is 0.492. The Morgan fingerprint density at radius 2 is 2.15 bits per heavy atom. The van der Waals surface area contributed by atoms with E-state index in [-0.39, 0.29) is 0 Å². The highest BCUT2D eigenvalue weighted by atomic mass is 32.1. The van der Waals surface area contributed by atoms with E-state index in [0.29, 0.717) is 5.92 Å². The Labute approximate surface area is 81.7 Å². The van der Waals surface area contributed by atoms with Crippen LogP contribution in [0, 0.1) is 6.92 Å². The van der Waals surface area contributed by atoms with Gasteiger partial charge in [0.15, 0.2) is 0 Å². The second kappa shape index (κ2) is 3.07. The van der Waals surface area contributed by atoms with Crippen molar-refractivity contribution in [2.75, 3.05) is 0 Å². The van der Waals surface area contributed by atoms with Crippen LogP contribution >= 0.6 is 11.3 Å². The first-order chi connectivity index (χ1) is 6.16. The zero-order valence-electron chi connectivity index (χ0n) is 8.03. The largest absolute Gasteiger partial charge is 0.259 e. The number of hydrogen-bond acceptors (Lipinski definition) is 3. The monoisotopic (exact) mass is 192 g/mol. The molecule has 0 bridgehead atoms. The lowest BCUT2D eigenvalue weighted by atomic mass is 10.1. The second-order valence-corrected chi connectivity index (χ2v) is 4.70. The van der Waals surface area contributed by atoms with Gasteiger partial charge in [-0.15, -0.1) is 11.3 Å². The van der Waals surface area contributed by atoms with Crippen molar-refractivity contribution in [3.8, 4) is 0 Å². The van der Waals surface area contributed by atoms with Gasteiger partial charge >= 0.3 is 0 Å². The first-order valence-corrected chi connectivity index (χ1v) is 5.21. The van der Waals surface area contributed by atoms with E-state index in [2.05, 4.69) is 29.9 Å². The first kappa shape index (κ1) is 8.63. The number of fused-ring (bicyclic) bond motifs is 1. The third kappa shape index (κ3) is 1.56. The molecule has 2 aromatic rings. The summed E-state index contributed by atoms with van der Waals surface area (Å²) < 4.78 is 1.25. The molecule has 0 aromatic carbocycles. The van der Waals surface area contributed by atoms with Gasteiger partial charge in [-0.2, -0.15) is 0 Å². The first-order valence-electron chi connectivity index (χ1n) is 4.40. The maximum Gasteiger partial charge on any atom is 0.0998 e. The molecule has 2 heterocycles. The minimum atomic E-state index is 0.492. The smallest absolute Gasteiger partial charge is 0.0998 e. The summed E-state index contributed by atoms with van der Waals surface area (Å²) in [5, 5.41) is 1.11. The molecule has 2 rings (SSSR count). The van der Waals surface area contributed by atoms with Crippen molar-refractivity contribution in [3.05, 3.63) is 23.0 Å². The Hall–Kier alpha value is -0.960. The maximum absolute atomic E-state index is 4.37. The van der Waals surface area contributed by atoms with Crippen LogP contribution in [0.4, 0.5) is 0 Å². The molecule has 2 nitrogen and oxygen atoms in total. The Kier molecular flexibility index (Phi) is 2.04. The van der Waals surface area contributed by atoms with Crippen LogP contribution in [0.3, 0.4) is 0 Å². The van der Waals surface area contributed by atoms with Crippen LogP contribution < -0.4 is 0 Å². The van der Waals surface area contributed by atoms with Gasteiger partial charge < -0.3 is 0 Å². The fourth-order valence-electron chi connectivity index (χ4n) is 1.28. The van der Waals surface area contributed by atoms with E-state index in [1.165, 1.54) is 4.70 Å². The van der Waals surface area contributed by atoms with Gasteiger partial charge in [0.1, 0.15) is 0 Å². The number of nitrogens with zero attached hydrogens (tertiary/aromatic N) is 2. The standard InChI is InChI=1S/C10H12N2S/c1-6(2)8-4-10-9(5-11-8)12-7(3)13-10/h4-6H,1-3H3. The topological polar surface area (TPSA) is 25.8 Å². The molecule has 0 amide bonds. The number of pyridine rings is 1. The van der Waals surface area contributed by atoms with E-state index in [0.717, 1.165) is 16.2 Å². The predicted molar refractivity (Wildman–Crippen MR) is 56.2 cm³/mol. The lowest BCUT2D eigenvalue weighted by Gasteiger charge is -2.01. The molecule has 2 aromatic heterocycles. The van der Waals surface area contributed by atoms with Crippen LogP contribution in [-0.2, 0) is 0 Å². The van der Waals surface area contributed by atoms with E-state index < -0.39 is 0 Å². The fraction of sp³-hybridized carbons (Fsp3) is 0.400. The molecule has 0 aliphatic rings. The van der Waals surface area contributed by atoms with Crippen LogP contribution in [0.5, 0.6) is 0 Å². The molecule has 0 aliphatic heterocycles. The van der Waals surface area contributed by atoms with E-state index >= 15 is 0 Å². The predicted octanol–water partition coefficient (Wildman–Crippen LogP) is 3.12. The highest BCUT2D eigenvalue weighted by Gasteiger charge is 2.04. The van der Waals surface area contributed by atoms with Crippen molar-refractivity contribution in [3.63, 3.8) is 0 Å². The van der Waals surface area contributed by atoms with Crippen LogP contribution in [0.25, 0.3) is 10.2 Å². The number of hydrogen-bond donors (Lipinski definition) is 0. The van der Waals surface area contributed by atoms with Gasteiger partial charge in [0.05, 0.1) is 21.4 Å². The van der Waals surface area contributed by atoms with Gasteiger partial charge in [-0.3, -0.25) is 4.98 Å². The van der Waals surface area contributed by atoms with Gasteiger partial charge in [0.2, 0.25) is 0 Å². The number of rotatable bonds is 1. The number of aromatic nitrogens is 2. The third-order valence-corrected chi connectivity index (χ3v) is 2.93. The summed E-state index contributed by atoms with van der Waals surface area (Å²) in [5.41, 5.74) is 2.17. The third-order valence-electron chi connectivity index (χ3n) is 1.99. The highest BCUT2D eigenvalue weighted by Crippen LogP contribution is 2.23. The Morgan fingerprint density at radius 3 is 2.85 bits per heavy atom. The lowest BCUT2D eigenvalue weighted by Crippen LogP contribution is -1.90. The molecule has 0 saturated heterocycles. The fourth-order valence-corrected chi connectivity index (χ4v) is 2.12. The quantitative estimate of drug-likeness (QED) is 0.693. The second-order valence-electron chi connectivity index (χ2n) is 3.46. The number of aryl methyl sites for hydroxylation is 1. The highest BCUT2D eigenvalue weighted by molar-refractivity contribution is 7.18. The van der Waals surface area contributed by atoms with Crippen molar-refractivity contribution in [1.29, 1.82) is 0 Å². The zero-order valence-corrected chi connectivity index (χ0v) is 8.85. The van der Waals surface area contributed by atoms with Crippen molar-refractivity contribution in [1.82, 2.24) is 9.97 Å². The Morgan fingerprint density at radius 1 is 1.38 bits per heavy atom. The normalized spacial score (nSPS) is 11.4. The molecule has 0 unspecified atom stereocenters. The summed E-state index contributed by atoms with van der Waals surface area (Å²) in [6, 6.07) is 2.14.